The maximum atomic E-state index is 5.78. The van der Waals surface area contributed by atoms with Crippen LogP contribution in [0.2, 0.25) is 0 Å². The van der Waals surface area contributed by atoms with Crippen molar-refractivity contribution in [3.63, 3.8) is 0 Å². The van der Waals surface area contributed by atoms with Crippen LogP contribution in [0.4, 0.5) is 0 Å². The standard InChI is InChI=1S/C13H17N3OS/c1-4-16-12(14-15-13(16)18)8-17-11-6-9(2)5-10(3)7-11/h5-7,12H,4,8H2,1-3H3. The van der Waals surface area contributed by atoms with Crippen LogP contribution in [0.25, 0.3) is 0 Å². The highest BCUT2D eigenvalue weighted by atomic mass is 32.1. The second-order valence-corrected chi connectivity index (χ2v) is 4.76. The zero-order chi connectivity index (χ0) is 13.1. The number of ether oxygens (including phenoxy) is 1. The molecule has 96 valence electrons. The molecule has 18 heavy (non-hydrogen) atoms. The molecule has 5 heteroatoms. The monoisotopic (exact) mass is 263 g/mol. The molecule has 0 saturated carbocycles. The molecular weight excluding hydrogens is 246 g/mol. The Morgan fingerprint density at radius 2 is 1.94 bits per heavy atom. The molecule has 1 atom stereocenters. The fourth-order valence-electron chi connectivity index (χ4n) is 2.02. The van der Waals surface area contributed by atoms with Crippen LogP contribution in [0.3, 0.4) is 0 Å². The Balaban J connectivity index is 1.99. The molecule has 1 aromatic rings. The second kappa shape index (κ2) is 5.44. The van der Waals surface area contributed by atoms with Crippen LogP contribution < -0.4 is 4.74 Å². The highest BCUT2D eigenvalue weighted by Crippen LogP contribution is 2.19. The molecule has 1 unspecified atom stereocenters. The number of nitrogens with zero attached hydrogens (tertiary/aromatic N) is 3. The van der Waals surface area contributed by atoms with Gasteiger partial charge in [0.2, 0.25) is 5.11 Å². The third-order valence-corrected chi connectivity index (χ3v) is 3.13. The third-order valence-electron chi connectivity index (χ3n) is 2.82. The van der Waals surface area contributed by atoms with Gasteiger partial charge in [0, 0.05) is 6.54 Å². The lowest BCUT2D eigenvalue weighted by Crippen LogP contribution is -2.36. The Kier molecular flexibility index (Phi) is 3.91. The van der Waals surface area contributed by atoms with Crippen LogP contribution in [0.15, 0.2) is 28.4 Å². The Hall–Kier alpha value is -1.49. The number of thiocarbonyl (C=S) groups is 1. The van der Waals surface area contributed by atoms with Crippen molar-refractivity contribution in [3.05, 3.63) is 29.3 Å². The Labute approximate surface area is 113 Å². The van der Waals surface area contributed by atoms with Crippen LogP contribution in [-0.4, -0.2) is 29.3 Å². The average molecular weight is 263 g/mol. The summed E-state index contributed by atoms with van der Waals surface area (Å²) in [4.78, 5) is 1.96. The molecule has 0 aliphatic carbocycles. The Morgan fingerprint density at radius 1 is 1.28 bits per heavy atom. The lowest BCUT2D eigenvalue weighted by molar-refractivity contribution is 0.215. The van der Waals surface area contributed by atoms with Crippen molar-refractivity contribution in [3.8, 4) is 5.75 Å². The minimum Gasteiger partial charge on any atom is -0.489 e. The van der Waals surface area contributed by atoms with Crippen molar-refractivity contribution in [1.29, 1.82) is 0 Å². The summed E-state index contributed by atoms with van der Waals surface area (Å²) in [5, 5.41) is 8.58. The highest BCUT2D eigenvalue weighted by Gasteiger charge is 2.25. The number of benzene rings is 1. The molecule has 0 fully saturated rings. The molecule has 0 radical (unpaired) electrons. The van der Waals surface area contributed by atoms with Gasteiger partial charge in [0.05, 0.1) is 0 Å². The summed E-state index contributed by atoms with van der Waals surface area (Å²) in [6.07, 6.45) is -0.0941. The van der Waals surface area contributed by atoms with E-state index in [0.29, 0.717) is 11.7 Å². The molecule has 0 N–H and O–H groups in total. The maximum Gasteiger partial charge on any atom is 0.217 e. The first kappa shape index (κ1) is 13.0. The van der Waals surface area contributed by atoms with Gasteiger partial charge in [0.1, 0.15) is 12.4 Å². The van der Waals surface area contributed by atoms with E-state index in [1.165, 1.54) is 11.1 Å². The van der Waals surface area contributed by atoms with Gasteiger partial charge < -0.3 is 9.64 Å². The van der Waals surface area contributed by atoms with Gasteiger partial charge in [-0.3, -0.25) is 0 Å². The molecule has 2 rings (SSSR count). The zero-order valence-electron chi connectivity index (χ0n) is 10.9. The quantitative estimate of drug-likeness (QED) is 0.783. The van der Waals surface area contributed by atoms with Crippen molar-refractivity contribution < 1.29 is 4.74 Å². The van der Waals surface area contributed by atoms with E-state index >= 15 is 0 Å². The molecular formula is C13H17N3OS. The van der Waals surface area contributed by atoms with E-state index in [9.17, 15) is 0 Å². The van der Waals surface area contributed by atoms with E-state index in [0.717, 1.165) is 12.3 Å². The molecule has 1 heterocycles. The Morgan fingerprint density at radius 3 is 2.56 bits per heavy atom. The summed E-state index contributed by atoms with van der Waals surface area (Å²) in [5.41, 5.74) is 2.39. The SMILES string of the molecule is CCN1C(=S)N=NC1COc1cc(C)cc(C)c1. The maximum absolute atomic E-state index is 5.78. The summed E-state index contributed by atoms with van der Waals surface area (Å²) in [6, 6.07) is 6.16. The molecule has 0 saturated heterocycles. The van der Waals surface area contributed by atoms with Gasteiger partial charge in [-0.05, 0) is 56.2 Å². The number of likely N-dealkylation sites (N-methyl/N-ethyl adjacent to an activating group) is 1. The predicted octanol–water partition coefficient (Wildman–Crippen LogP) is 3.08. The van der Waals surface area contributed by atoms with E-state index in [4.69, 9.17) is 17.0 Å². The zero-order valence-corrected chi connectivity index (χ0v) is 11.7. The summed E-state index contributed by atoms with van der Waals surface area (Å²) in [7, 11) is 0. The number of aryl methyl sites for hydroxylation is 2. The first-order valence-electron chi connectivity index (χ1n) is 6.02. The van der Waals surface area contributed by atoms with Crippen molar-refractivity contribution in [2.75, 3.05) is 13.2 Å². The molecule has 4 nitrogen and oxygen atoms in total. The van der Waals surface area contributed by atoms with Gasteiger partial charge in [0.15, 0.2) is 6.17 Å². The smallest absolute Gasteiger partial charge is 0.217 e. The van der Waals surface area contributed by atoms with Crippen LogP contribution in [0.5, 0.6) is 5.75 Å². The fraction of sp³-hybridized carbons (Fsp3) is 0.462. The summed E-state index contributed by atoms with van der Waals surface area (Å²) in [5.74, 6) is 0.872. The molecule has 1 aliphatic rings. The number of azo groups is 1. The molecule has 0 spiro atoms. The summed E-state index contributed by atoms with van der Waals surface area (Å²) in [6.45, 7) is 7.42. The topological polar surface area (TPSA) is 37.2 Å². The normalized spacial score (nSPS) is 18.5. The van der Waals surface area contributed by atoms with Crippen molar-refractivity contribution in [2.45, 2.75) is 26.9 Å². The van der Waals surface area contributed by atoms with Gasteiger partial charge in [-0.25, -0.2) is 0 Å². The first-order chi connectivity index (χ1) is 8.60. The third kappa shape index (κ3) is 2.85. The number of hydrogen-bond donors (Lipinski definition) is 0. The number of hydrogen-bond acceptors (Lipinski definition) is 3. The lowest BCUT2D eigenvalue weighted by atomic mass is 10.1. The van der Waals surface area contributed by atoms with Gasteiger partial charge in [-0.15, -0.1) is 5.11 Å². The average Bonchev–Trinajstić information content (AvgIpc) is 2.66. The van der Waals surface area contributed by atoms with Crippen molar-refractivity contribution >= 4 is 17.3 Å². The summed E-state index contributed by atoms with van der Waals surface area (Å²) < 4.78 is 5.78. The van der Waals surface area contributed by atoms with E-state index in [-0.39, 0.29) is 6.17 Å². The molecule has 0 aromatic heterocycles. The molecule has 0 bridgehead atoms. The van der Waals surface area contributed by atoms with E-state index in [1.54, 1.807) is 0 Å². The van der Waals surface area contributed by atoms with E-state index in [2.05, 4.69) is 30.1 Å². The van der Waals surface area contributed by atoms with E-state index in [1.807, 2.05) is 24.0 Å². The van der Waals surface area contributed by atoms with Crippen LogP contribution >= 0.6 is 12.2 Å². The Bertz CT molecular complexity index is 467. The van der Waals surface area contributed by atoms with Gasteiger partial charge >= 0.3 is 0 Å². The van der Waals surface area contributed by atoms with Crippen LogP contribution in [-0.2, 0) is 0 Å². The van der Waals surface area contributed by atoms with Crippen molar-refractivity contribution in [1.82, 2.24) is 4.90 Å². The summed E-state index contributed by atoms with van der Waals surface area (Å²) >= 11 is 5.10. The van der Waals surface area contributed by atoms with E-state index < -0.39 is 0 Å². The lowest BCUT2D eigenvalue weighted by Gasteiger charge is -2.21. The van der Waals surface area contributed by atoms with Crippen LogP contribution in [0.1, 0.15) is 18.1 Å². The van der Waals surface area contributed by atoms with Gasteiger partial charge in [-0.1, -0.05) is 6.07 Å². The largest absolute Gasteiger partial charge is 0.489 e. The van der Waals surface area contributed by atoms with Gasteiger partial charge in [0.25, 0.3) is 0 Å². The fourth-order valence-corrected chi connectivity index (χ4v) is 2.32. The van der Waals surface area contributed by atoms with Crippen LogP contribution in [0, 0.1) is 13.8 Å². The molecule has 1 aromatic carbocycles. The molecule has 1 aliphatic heterocycles. The van der Waals surface area contributed by atoms with Gasteiger partial charge in [-0.2, -0.15) is 5.11 Å². The number of rotatable bonds is 4. The molecule has 0 amide bonds. The second-order valence-electron chi connectivity index (χ2n) is 4.40. The first-order valence-corrected chi connectivity index (χ1v) is 6.43. The predicted molar refractivity (Wildman–Crippen MR) is 75.0 cm³/mol. The van der Waals surface area contributed by atoms with Crippen molar-refractivity contribution in [2.24, 2.45) is 10.2 Å². The highest BCUT2D eigenvalue weighted by molar-refractivity contribution is 7.80. The minimum atomic E-state index is -0.0941. The minimum absolute atomic E-state index is 0.0941.